The van der Waals surface area contributed by atoms with Gasteiger partial charge in [0, 0.05) is 5.69 Å². The van der Waals surface area contributed by atoms with Crippen LogP contribution in [0.3, 0.4) is 0 Å². The first kappa shape index (κ1) is 19.2. The van der Waals surface area contributed by atoms with Crippen LogP contribution in [0, 0.1) is 0 Å². The lowest BCUT2D eigenvalue weighted by molar-refractivity contribution is -0.892. The highest BCUT2D eigenvalue weighted by Gasteiger charge is 2.24. The van der Waals surface area contributed by atoms with Gasteiger partial charge in [-0.25, -0.2) is 0 Å². The number of nitrogens with zero attached hydrogens (tertiary/aromatic N) is 1. The number of benzene rings is 2. The van der Waals surface area contributed by atoms with E-state index in [4.69, 9.17) is 4.74 Å². The summed E-state index contributed by atoms with van der Waals surface area (Å²) >= 11 is 0. The Morgan fingerprint density at radius 2 is 1.78 bits per heavy atom. The molecule has 27 heavy (non-hydrogen) atoms. The van der Waals surface area contributed by atoms with E-state index in [9.17, 15) is 4.79 Å². The number of rotatable bonds is 7. The maximum atomic E-state index is 12.4. The van der Waals surface area contributed by atoms with E-state index in [-0.39, 0.29) is 5.91 Å². The van der Waals surface area contributed by atoms with E-state index in [1.54, 1.807) is 0 Å². The van der Waals surface area contributed by atoms with Crippen molar-refractivity contribution < 1.29 is 14.4 Å². The van der Waals surface area contributed by atoms with Crippen molar-refractivity contribution in [1.82, 2.24) is 0 Å². The summed E-state index contributed by atoms with van der Waals surface area (Å²) in [5, 5.41) is 3.02. The van der Waals surface area contributed by atoms with Gasteiger partial charge < -0.3 is 19.9 Å². The Kier molecular flexibility index (Phi) is 6.71. The van der Waals surface area contributed by atoms with Crippen LogP contribution in [0.5, 0.6) is 5.75 Å². The van der Waals surface area contributed by atoms with Crippen LogP contribution < -0.4 is 19.9 Å². The number of carbonyl (C=O) groups excluding carboxylic acids is 1. The molecule has 1 saturated heterocycles. The van der Waals surface area contributed by atoms with Crippen molar-refractivity contribution in [2.45, 2.75) is 20.3 Å². The summed E-state index contributed by atoms with van der Waals surface area (Å²) in [6.07, 6.45) is 1.01. The number of ether oxygens (including phenoxy) is 1. The third-order valence-corrected chi connectivity index (χ3v) is 5.03. The SMILES string of the molecule is CCOc1ccccc1N1CC[NH+](CC(=O)Nc2ccc(CC)cc2)CC1. The van der Waals surface area contributed by atoms with Gasteiger partial charge in [-0.2, -0.15) is 0 Å². The smallest absolute Gasteiger partial charge is 0.279 e. The summed E-state index contributed by atoms with van der Waals surface area (Å²) < 4.78 is 5.75. The van der Waals surface area contributed by atoms with Gasteiger partial charge >= 0.3 is 0 Å². The van der Waals surface area contributed by atoms with Gasteiger partial charge in [-0.15, -0.1) is 0 Å². The second kappa shape index (κ2) is 9.42. The van der Waals surface area contributed by atoms with Gasteiger partial charge in [-0.1, -0.05) is 31.2 Å². The van der Waals surface area contributed by atoms with Crippen LogP contribution in [-0.2, 0) is 11.2 Å². The second-order valence-corrected chi connectivity index (χ2v) is 6.91. The summed E-state index contributed by atoms with van der Waals surface area (Å²) in [7, 11) is 0. The number of anilines is 2. The zero-order valence-electron chi connectivity index (χ0n) is 16.3. The molecule has 0 bridgehead atoms. The molecule has 1 heterocycles. The summed E-state index contributed by atoms with van der Waals surface area (Å²) in [5.41, 5.74) is 3.31. The Labute approximate surface area is 161 Å². The van der Waals surface area contributed by atoms with Gasteiger partial charge in [0.05, 0.1) is 38.5 Å². The highest BCUT2D eigenvalue weighted by Crippen LogP contribution is 2.27. The zero-order valence-corrected chi connectivity index (χ0v) is 16.3. The van der Waals surface area contributed by atoms with E-state index in [1.165, 1.54) is 10.5 Å². The average molecular weight is 369 g/mol. The predicted octanol–water partition coefficient (Wildman–Crippen LogP) is 1.99. The zero-order chi connectivity index (χ0) is 19.1. The molecular formula is C22H30N3O2+. The van der Waals surface area contributed by atoms with Crippen LogP contribution in [0.15, 0.2) is 48.5 Å². The number of hydrogen-bond acceptors (Lipinski definition) is 3. The van der Waals surface area contributed by atoms with Crippen molar-refractivity contribution in [1.29, 1.82) is 0 Å². The van der Waals surface area contributed by atoms with Crippen molar-refractivity contribution in [2.24, 2.45) is 0 Å². The number of aryl methyl sites for hydroxylation is 1. The van der Waals surface area contributed by atoms with Crippen molar-refractivity contribution in [2.75, 3.05) is 49.5 Å². The predicted molar refractivity (Wildman–Crippen MR) is 110 cm³/mol. The Morgan fingerprint density at radius 1 is 1.07 bits per heavy atom. The molecule has 0 spiro atoms. The van der Waals surface area contributed by atoms with Gasteiger partial charge in [-0.05, 0) is 43.2 Å². The van der Waals surface area contributed by atoms with Gasteiger partial charge in [0.2, 0.25) is 0 Å². The molecule has 144 valence electrons. The molecule has 0 aliphatic carbocycles. The quantitative estimate of drug-likeness (QED) is 0.786. The highest BCUT2D eigenvalue weighted by molar-refractivity contribution is 5.91. The maximum absolute atomic E-state index is 12.4. The van der Waals surface area contributed by atoms with Gasteiger partial charge in [0.25, 0.3) is 5.91 Å². The summed E-state index contributed by atoms with van der Waals surface area (Å²) in [6, 6.07) is 16.3. The molecule has 0 unspecified atom stereocenters. The van der Waals surface area contributed by atoms with E-state index in [0.717, 1.165) is 49.7 Å². The monoisotopic (exact) mass is 368 g/mol. The summed E-state index contributed by atoms with van der Waals surface area (Å²) in [6.45, 7) is 9.07. The lowest BCUT2D eigenvalue weighted by Gasteiger charge is -2.34. The van der Waals surface area contributed by atoms with Crippen molar-refractivity contribution in [3.8, 4) is 5.75 Å². The van der Waals surface area contributed by atoms with Crippen LogP contribution in [0.4, 0.5) is 11.4 Å². The molecule has 2 N–H and O–H groups in total. The van der Waals surface area contributed by atoms with Gasteiger partial charge in [0.15, 0.2) is 6.54 Å². The number of amides is 1. The average Bonchev–Trinajstić information content (AvgIpc) is 2.70. The Morgan fingerprint density at radius 3 is 2.44 bits per heavy atom. The molecule has 0 saturated carbocycles. The van der Waals surface area contributed by atoms with E-state index >= 15 is 0 Å². The number of quaternary nitrogens is 1. The minimum atomic E-state index is 0.0809. The van der Waals surface area contributed by atoms with Crippen LogP contribution in [0.25, 0.3) is 0 Å². The molecule has 1 aliphatic heterocycles. The van der Waals surface area contributed by atoms with E-state index in [1.807, 2.05) is 37.3 Å². The third kappa shape index (κ3) is 5.23. The first-order valence-electron chi connectivity index (χ1n) is 9.88. The summed E-state index contributed by atoms with van der Waals surface area (Å²) in [4.78, 5) is 16.0. The molecule has 2 aromatic carbocycles. The number of hydrogen-bond donors (Lipinski definition) is 2. The van der Waals surface area contributed by atoms with Crippen LogP contribution >= 0.6 is 0 Å². The van der Waals surface area contributed by atoms with Crippen molar-refractivity contribution >= 4 is 17.3 Å². The highest BCUT2D eigenvalue weighted by atomic mass is 16.5. The molecular weight excluding hydrogens is 338 g/mol. The van der Waals surface area contributed by atoms with Crippen LogP contribution in [0.1, 0.15) is 19.4 Å². The molecule has 1 aliphatic rings. The summed E-state index contributed by atoms with van der Waals surface area (Å²) in [5.74, 6) is 1.02. The molecule has 1 fully saturated rings. The standard InChI is InChI=1S/C22H29N3O2/c1-3-18-9-11-19(12-10-18)23-22(26)17-24-13-15-25(16-14-24)20-7-5-6-8-21(20)27-4-2/h5-12H,3-4,13-17H2,1-2H3,(H,23,26)/p+1. The van der Waals surface area contributed by atoms with Gasteiger partial charge in [-0.3, -0.25) is 4.79 Å². The number of carbonyl (C=O) groups is 1. The van der Waals surface area contributed by atoms with E-state index < -0.39 is 0 Å². The topological polar surface area (TPSA) is 46.0 Å². The third-order valence-electron chi connectivity index (χ3n) is 5.03. The molecule has 3 rings (SSSR count). The van der Waals surface area contributed by atoms with Crippen molar-refractivity contribution in [3.05, 3.63) is 54.1 Å². The molecule has 5 nitrogen and oxygen atoms in total. The van der Waals surface area contributed by atoms with E-state index in [0.29, 0.717) is 13.2 Å². The number of para-hydroxylation sites is 2. The van der Waals surface area contributed by atoms with Crippen LogP contribution in [-0.4, -0.2) is 45.2 Å². The fraction of sp³-hybridized carbons (Fsp3) is 0.409. The Hall–Kier alpha value is -2.53. The fourth-order valence-electron chi connectivity index (χ4n) is 3.49. The van der Waals surface area contributed by atoms with Gasteiger partial charge in [0.1, 0.15) is 5.75 Å². The van der Waals surface area contributed by atoms with Crippen LogP contribution in [0.2, 0.25) is 0 Å². The molecule has 5 heteroatoms. The molecule has 0 atom stereocenters. The number of nitrogens with one attached hydrogen (secondary N) is 2. The Bertz CT molecular complexity index is 737. The first-order valence-corrected chi connectivity index (χ1v) is 9.88. The number of piperazine rings is 1. The Balaban J connectivity index is 1.49. The lowest BCUT2D eigenvalue weighted by atomic mass is 10.1. The lowest BCUT2D eigenvalue weighted by Crippen LogP contribution is -3.15. The molecule has 2 aromatic rings. The molecule has 0 radical (unpaired) electrons. The molecule has 1 amide bonds. The second-order valence-electron chi connectivity index (χ2n) is 6.91. The maximum Gasteiger partial charge on any atom is 0.279 e. The van der Waals surface area contributed by atoms with E-state index in [2.05, 4.69) is 35.3 Å². The first-order chi connectivity index (χ1) is 13.2. The minimum Gasteiger partial charge on any atom is -0.492 e. The largest absolute Gasteiger partial charge is 0.492 e. The van der Waals surface area contributed by atoms with Crippen molar-refractivity contribution in [3.63, 3.8) is 0 Å². The normalized spacial score (nSPS) is 14.8. The minimum absolute atomic E-state index is 0.0809. The fourth-order valence-corrected chi connectivity index (χ4v) is 3.49. The molecule has 0 aromatic heterocycles.